The zero-order valence-electron chi connectivity index (χ0n) is 17.8. The molecular weight excluding hydrogens is 395 g/mol. The number of anilines is 1. The maximum Gasteiger partial charge on any atom is 0.284 e. The first-order chi connectivity index (χ1) is 13.2. The lowest BCUT2D eigenvalue weighted by Gasteiger charge is -2.46. The molecule has 1 fully saturated rings. The molecule has 158 valence electrons. The fourth-order valence-corrected chi connectivity index (χ4v) is 3.92. The zero-order chi connectivity index (χ0) is 21.8. The van der Waals surface area contributed by atoms with Crippen molar-refractivity contribution in [2.45, 2.75) is 57.8 Å². The van der Waals surface area contributed by atoms with E-state index in [1.54, 1.807) is 27.8 Å². The number of nitrogens with zero attached hydrogens (tertiary/aromatic N) is 3. The SMILES string of the molecule is C=C(O[Si](C)(C)C(C)(C)C)c1cc(N2CC(F)(F)[C@H]2C)n(-c2ccc(F)cc2)n1. The van der Waals surface area contributed by atoms with Gasteiger partial charge in [0.25, 0.3) is 14.2 Å². The molecule has 0 bridgehead atoms. The summed E-state index contributed by atoms with van der Waals surface area (Å²) in [5, 5.41) is 4.55. The van der Waals surface area contributed by atoms with Crippen LogP contribution in [0.4, 0.5) is 19.0 Å². The van der Waals surface area contributed by atoms with Crippen LogP contribution in [0, 0.1) is 5.82 Å². The van der Waals surface area contributed by atoms with Crippen LogP contribution in [-0.2, 0) is 4.43 Å². The van der Waals surface area contributed by atoms with Gasteiger partial charge in [0, 0.05) is 6.07 Å². The van der Waals surface area contributed by atoms with Gasteiger partial charge in [0.15, 0.2) is 0 Å². The smallest absolute Gasteiger partial charge is 0.284 e. The normalized spacial score (nSPS) is 19.1. The van der Waals surface area contributed by atoms with Crippen LogP contribution in [0.5, 0.6) is 0 Å². The Morgan fingerprint density at radius 3 is 2.31 bits per heavy atom. The monoisotopic (exact) mass is 423 g/mol. The van der Waals surface area contributed by atoms with E-state index in [1.807, 2.05) is 0 Å². The van der Waals surface area contributed by atoms with Crippen molar-refractivity contribution in [2.24, 2.45) is 0 Å². The van der Waals surface area contributed by atoms with E-state index in [9.17, 15) is 13.2 Å². The molecule has 0 saturated carbocycles. The Hall–Kier alpha value is -2.22. The summed E-state index contributed by atoms with van der Waals surface area (Å²) in [5.74, 6) is -2.21. The molecule has 4 nitrogen and oxygen atoms in total. The second kappa shape index (κ2) is 6.93. The average molecular weight is 424 g/mol. The first-order valence-electron chi connectivity index (χ1n) is 9.62. The predicted octanol–water partition coefficient (Wildman–Crippen LogP) is 5.85. The highest BCUT2D eigenvalue weighted by Crippen LogP contribution is 2.42. The Labute approximate surface area is 171 Å². The lowest BCUT2D eigenvalue weighted by molar-refractivity contribution is -0.0645. The summed E-state index contributed by atoms with van der Waals surface area (Å²) < 4.78 is 48.8. The second-order valence-electron chi connectivity index (χ2n) is 9.13. The number of halogens is 3. The molecule has 8 heteroatoms. The molecule has 1 aliphatic rings. The molecule has 3 rings (SSSR count). The topological polar surface area (TPSA) is 30.3 Å². The van der Waals surface area contributed by atoms with Crippen molar-refractivity contribution in [2.75, 3.05) is 11.4 Å². The Bertz CT molecular complexity index is 916. The van der Waals surface area contributed by atoms with Crippen LogP contribution < -0.4 is 4.90 Å². The quantitative estimate of drug-likeness (QED) is 0.447. The molecule has 1 aromatic heterocycles. The van der Waals surface area contributed by atoms with E-state index in [4.69, 9.17) is 4.43 Å². The van der Waals surface area contributed by atoms with Gasteiger partial charge in [-0.25, -0.2) is 17.9 Å². The lowest BCUT2D eigenvalue weighted by Crippen LogP contribution is -2.64. The molecule has 1 saturated heterocycles. The van der Waals surface area contributed by atoms with Gasteiger partial charge in [-0.2, -0.15) is 5.10 Å². The largest absolute Gasteiger partial charge is 0.542 e. The highest BCUT2D eigenvalue weighted by atomic mass is 28.4. The van der Waals surface area contributed by atoms with Gasteiger partial charge in [0.05, 0.1) is 18.3 Å². The molecule has 2 aromatic rings. The second-order valence-corrected chi connectivity index (χ2v) is 13.9. The van der Waals surface area contributed by atoms with Gasteiger partial charge < -0.3 is 9.33 Å². The minimum atomic E-state index is -2.76. The Morgan fingerprint density at radius 1 is 1.24 bits per heavy atom. The fourth-order valence-electron chi connectivity index (χ4n) is 2.89. The molecule has 0 unspecified atom stereocenters. The van der Waals surface area contributed by atoms with Gasteiger partial charge in [-0.15, -0.1) is 0 Å². The molecule has 0 spiro atoms. The number of benzene rings is 1. The van der Waals surface area contributed by atoms with Crippen LogP contribution in [0.25, 0.3) is 11.4 Å². The molecule has 0 N–H and O–H groups in total. The molecule has 0 radical (unpaired) electrons. The third-order valence-corrected chi connectivity index (χ3v) is 10.4. The third-order valence-electron chi connectivity index (χ3n) is 5.99. The summed E-state index contributed by atoms with van der Waals surface area (Å²) in [5.41, 5.74) is 1.06. The van der Waals surface area contributed by atoms with Crippen LogP contribution in [0.15, 0.2) is 36.9 Å². The number of hydrogen-bond acceptors (Lipinski definition) is 3. The minimum Gasteiger partial charge on any atom is -0.542 e. The molecule has 0 aliphatic carbocycles. The number of hydrogen-bond donors (Lipinski definition) is 0. The van der Waals surface area contributed by atoms with Crippen molar-refractivity contribution in [1.82, 2.24) is 9.78 Å². The van der Waals surface area contributed by atoms with E-state index < -0.39 is 26.8 Å². The Kier molecular flexibility index (Phi) is 5.14. The van der Waals surface area contributed by atoms with Crippen molar-refractivity contribution in [3.05, 3.63) is 48.4 Å². The summed E-state index contributed by atoms with van der Waals surface area (Å²) in [6.07, 6.45) is 0. The molecule has 1 atom stereocenters. The van der Waals surface area contributed by atoms with Crippen molar-refractivity contribution in [1.29, 1.82) is 0 Å². The van der Waals surface area contributed by atoms with Gasteiger partial charge in [-0.3, -0.25) is 0 Å². The molecular formula is C21H28F3N3OSi. The average Bonchev–Trinajstić information content (AvgIpc) is 3.03. The van der Waals surface area contributed by atoms with Gasteiger partial charge in [-0.05, 0) is 49.3 Å². The van der Waals surface area contributed by atoms with Crippen LogP contribution in [0.3, 0.4) is 0 Å². The summed E-state index contributed by atoms with van der Waals surface area (Å²) in [6, 6.07) is 6.52. The van der Waals surface area contributed by atoms with Crippen molar-refractivity contribution in [3.63, 3.8) is 0 Å². The first-order valence-corrected chi connectivity index (χ1v) is 12.5. The molecule has 2 heterocycles. The highest BCUT2D eigenvalue weighted by Gasteiger charge is 2.53. The molecule has 1 aliphatic heterocycles. The standard InChI is InChI=1S/C21H28F3N3OSi/c1-14(28-29(6,7)20(3,4)5)18-12-19(26-13-21(23,24)15(26)2)27(25-18)17-10-8-16(22)9-11-17/h8-12,15H,1,13H2,2-7H3/t15-/m1/s1. The van der Waals surface area contributed by atoms with Crippen LogP contribution in [-0.4, -0.2) is 36.6 Å². The zero-order valence-corrected chi connectivity index (χ0v) is 18.8. The Morgan fingerprint density at radius 2 is 1.83 bits per heavy atom. The molecule has 29 heavy (non-hydrogen) atoms. The van der Waals surface area contributed by atoms with E-state index in [1.165, 1.54) is 19.1 Å². The number of rotatable bonds is 5. The third kappa shape index (κ3) is 3.95. The van der Waals surface area contributed by atoms with E-state index >= 15 is 0 Å². The maximum atomic E-state index is 13.8. The summed E-state index contributed by atoms with van der Waals surface area (Å²) >= 11 is 0. The van der Waals surface area contributed by atoms with E-state index in [0.717, 1.165) is 0 Å². The van der Waals surface area contributed by atoms with Gasteiger partial charge in [-0.1, -0.05) is 27.4 Å². The summed E-state index contributed by atoms with van der Waals surface area (Å²) in [4.78, 5) is 1.58. The first kappa shape index (κ1) is 21.5. The van der Waals surface area contributed by atoms with E-state index in [-0.39, 0.29) is 10.9 Å². The minimum absolute atomic E-state index is 0.0215. The van der Waals surface area contributed by atoms with Crippen LogP contribution in [0.2, 0.25) is 18.1 Å². The van der Waals surface area contributed by atoms with Gasteiger partial charge >= 0.3 is 0 Å². The van der Waals surface area contributed by atoms with E-state index in [2.05, 4.69) is 45.5 Å². The number of aromatic nitrogens is 2. The van der Waals surface area contributed by atoms with Crippen molar-refractivity contribution in [3.8, 4) is 5.69 Å². The van der Waals surface area contributed by atoms with Gasteiger partial charge in [0.2, 0.25) is 0 Å². The fraction of sp³-hybridized carbons (Fsp3) is 0.476. The van der Waals surface area contributed by atoms with E-state index in [0.29, 0.717) is 23.0 Å². The lowest BCUT2D eigenvalue weighted by atomic mass is 10.0. The summed E-state index contributed by atoms with van der Waals surface area (Å²) in [7, 11) is -2.14. The molecule has 0 amide bonds. The molecule has 1 aromatic carbocycles. The van der Waals surface area contributed by atoms with Crippen molar-refractivity contribution >= 4 is 19.9 Å². The maximum absolute atomic E-state index is 13.8. The number of alkyl halides is 2. The summed E-state index contributed by atoms with van der Waals surface area (Å²) in [6.45, 7) is 15.7. The van der Waals surface area contributed by atoms with Crippen molar-refractivity contribution < 1.29 is 17.6 Å². The highest BCUT2D eigenvalue weighted by molar-refractivity contribution is 6.74. The predicted molar refractivity (Wildman–Crippen MR) is 113 cm³/mol. The van der Waals surface area contributed by atoms with Crippen LogP contribution >= 0.6 is 0 Å². The van der Waals surface area contributed by atoms with Gasteiger partial charge in [0.1, 0.15) is 23.1 Å². The Balaban J connectivity index is 1.99. The van der Waals surface area contributed by atoms with Crippen LogP contribution in [0.1, 0.15) is 33.4 Å².